The van der Waals surface area contributed by atoms with E-state index in [2.05, 4.69) is 210 Å². The van der Waals surface area contributed by atoms with Crippen molar-refractivity contribution in [3.63, 3.8) is 0 Å². The second-order valence-electron chi connectivity index (χ2n) is 13.3. The van der Waals surface area contributed by atoms with Crippen LogP contribution in [0.25, 0.3) is 33.4 Å². The van der Waals surface area contributed by atoms with Crippen LogP contribution in [0.2, 0.25) is 0 Å². The van der Waals surface area contributed by atoms with E-state index in [4.69, 9.17) is 0 Å². The quantitative estimate of drug-likeness (QED) is 0.171. The highest BCUT2D eigenvalue weighted by Gasteiger charge is 2.44. The van der Waals surface area contributed by atoms with Crippen molar-refractivity contribution in [2.45, 2.75) is 0 Å². The minimum absolute atomic E-state index is 0.0625. The lowest BCUT2D eigenvalue weighted by atomic mass is 9.33. The number of nitrogens with zero attached hydrogens (tertiary/aromatic N) is 2. The Hall–Kier alpha value is -6.58. The summed E-state index contributed by atoms with van der Waals surface area (Å²) in [5.41, 5.74) is 18.3. The van der Waals surface area contributed by atoms with Crippen molar-refractivity contribution in [3.05, 3.63) is 200 Å². The van der Waals surface area contributed by atoms with E-state index in [0.717, 1.165) is 11.4 Å². The Morgan fingerprint density at radius 1 is 0.275 bits per heavy atom. The van der Waals surface area contributed by atoms with E-state index in [9.17, 15) is 0 Å². The first-order valence-corrected chi connectivity index (χ1v) is 17.7. The highest BCUT2D eigenvalue weighted by atomic mass is 15.2. The van der Waals surface area contributed by atoms with Crippen molar-refractivity contribution in [2.24, 2.45) is 0 Å². The summed E-state index contributed by atoms with van der Waals surface area (Å²) in [4.78, 5) is 5.04. The Morgan fingerprint density at radius 2 is 0.627 bits per heavy atom. The molecule has 238 valence electrons. The first kappa shape index (κ1) is 29.4. The van der Waals surface area contributed by atoms with Crippen molar-refractivity contribution in [3.8, 4) is 33.4 Å². The molecule has 2 nitrogen and oxygen atoms in total. The molecule has 8 aromatic carbocycles. The molecular weight excluding hydrogens is 615 g/mol. The van der Waals surface area contributed by atoms with Crippen LogP contribution in [0, 0.1) is 0 Å². The minimum Gasteiger partial charge on any atom is -0.311 e. The highest BCUT2D eigenvalue weighted by Crippen LogP contribution is 2.49. The zero-order chi connectivity index (χ0) is 33.7. The largest absolute Gasteiger partial charge is 0.311 e. The van der Waals surface area contributed by atoms with E-state index in [1.54, 1.807) is 0 Å². The number of para-hydroxylation sites is 4. The predicted molar refractivity (Wildman–Crippen MR) is 217 cm³/mol. The van der Waals surface area contributed by atoms with Gasteiger partial charge in [-0.25, -0.2) is 0 Å². The average molecular weight is 649 g/mol. The number of fused-ring (bicyclic) bond motifs is 4. The SMILES string of the molecule is c1ccc(-c2cc3c4c(c2)N(c2ccccc2-c2ccccc2)c2ccccc2B4c2ccccc2N3c2ccccc2-c2ccccc2)cc1. The number of anilines is 6. The molecule has 0 aromatic heterocycles. The van der Waals surface area contributed by atoms with Gasteiger partial charge in [-0.05, 0) is 75.0 Å². The Bertz CT molecular complexity index is 2390. The van der Waals surface area contributed by atoms with Gasteiger partial charge < -0.3 is 9.80 Å². The van der Waals surface area contributed by atoms with Crippen molar-refractivity contribution in [1.29, 1.82) is 0 Å². The Balaban J connectivity index is 1.33. The van der Waals surface area contributed by atoms with Gasteiger partial charge in [0.05, 0.1) is 11.4 Å². The maximum atomic E-state index is 2.52. The fourth-order valence-corrected chi connectivity index (χ4v) is 8.27. The summed E-state index contributed by atoms with van der Waals surface area (Å²) in [7, 11) is 0. The van der Waals surface area contributed by atoms with E-state index in [1.807, 2.05) is 0 Å². The van der Waals surface area contributed by atoms with Gasteiger partial charge in [-0.2, -0.15) is 0 Å². The molecule has 0 fully saturated rings. The summed E-state index contributed by atoms with van der Waals surface area (Å²) >= 11 is 0. The summed E-state index contributed by atoms with van der Waals surface area (Å²) in [6.07, 6.45) is 0. The van der Waals surface area contributed by atoms with E-state index in [1.165, 1.54) is 72.5 Å². The molecule has 0 bridgehead atoms. The van der Waals surface area contributed by atoms with Crippen LogP contribution in [0.15, 0.2) is 200 Å². The molecule has 2 aliphatic rings. The Kier molecular flexibility index (Phi) is 6.95. The molecule has 8 aromatic rings. The Morgan fingerprint density at radius 3 is 1.08 bits per heavy atom. The van der Waals surface area contributed by atoms with Gasteiger partial charge in [0, 0.05) is 33.9 Å². The van der Waals surface area contributed by atoms with Crippen LogP contribution in [0.1, 0.15) is 0 Å². The third-order valence-corrected chi connectivity index (χ3v) is 10.5. The number of hydrogen-bond acceptors (Lipinski definition) is 2. The molecule has 2 aliphatic heterocycles. The molecule has 0 radical (unpaired) electrons. The van der Waals surface area contributed by atoms with Crippen molar-refractivity contribution in [2.75, 3.05) is 9.80 Å². The average Bonchev–Trinajstić information content (AvgIpc) is 3.21. The first-order valence-electron chi connectivity index (χ1n) is 17.7. The molecule has 10 rings (SSSR count). The molecule has 3 heteroatoms. The lowest BCUT2D eigenvalue weighted by Crippen LogP contribution is -2.61. The maximum Gasteiger partial charge on any atom is 0.252 e. The smallest absolute Gasteiger partial charge is 0.252 e. The van der Waals surface area contributed by atoms with Gasteiger partial charge in [-0.1, -0.05) is 164 Å². The number of hydrogen-bond donors (Lipinski definition) is 0. The van der Waals surface area contributed by atoms with Crippen LogP contribution in [-0.2, 0) is 0 Å². The van der Waals surface area contributed by atoms with Crippen molar-refractivity contribution < 1.29 is 0 Å². The fourth-order valence-electron chi connectivity index (χ4n) is 8.27. The van der Waals surface area contributed by atoms with Crippen molar-refractivity contribution >= 4 is 57.2 Å². The molecule has 0 N–H and O–H groups in total. The minimum atomic E-state index is 0.0625. The van der Waals surface area contributed by atoms with Gasteiger partial charge >= 0.3 is 0 Å². The van der Waals surface area contributed by atoms with E-state index < -0.39 is 0 Å². The normalized spacial score (nSPS) is 12.6. The molecule has 0 amide bonds. The van der Waals surface area contributed by atoms with Gasteiger partial charge in [-0.3, -0.25) is 0 Å². The monoisotopic (exact) mass is 648 g/mol. The summed E-state index contributed by atoms with van der Waals surface area (Å²) in [6.45, 7) is 0.0625. The van der Waals surface area contributed by atoms with Gasteiger partial charge in [0.25, 0.3) is 6.71 Å². The molecule has 0 atom stereocenters. The lowest BCUT2D eigenvalue weighted by molar-refractivity contribution is 1.25. The standard InChI is InChI=1S/C48H33BN2/c1-4-18-34(19-5-1)37-32-46-48-47(33-37)51(43-29-15-11-25-39(43)36-22-8-3-9-23-36)45-31-17-13-27-41(45)49(48)40-26-12-16-30-44(40)50(46)42-28-14-10-24-38(42)35-20-6-2-7-21-35/h1-33H. The van der Waals surface area contributed by atoms with E-state index in [-0.39, 0.29) is 6.71 Å². The predicted octanol–water partition coefficient (Wildman–Crippen LogP) is 10.8. The molecule has 0 saturated carbocycles. The zero-order valence-electron chi connectivity index (χ0n) is 28.0. The summed E-state index contributed by atoms with van der Waals surface area (Å²) in [5.74, 6) is 0. The van der Waals surface area contributed by atoms with Gasteiger partial charge in [-0.15, -0.1) is 0 Å². The zero-order valence-corrected chi connectivity index (χ0v) is 28.0. The summed E-state index contributed by atoms with van der Waals surface area (Å²) in [6, 6.07) is 73.0. The highest BCUT2D eigenvalue weighted by molar-refractivity contribution is 7.00. The van der Waals surface area contributed by atoms with Crippen LogP contribution in [-0.4, -0.2) is 6.71 Å². The molecule has 2 heterocycles. The van der Waals surface area contributed by atoms with E-state index in [0.29, 0.717) is 0 Å². The number of benzene rings is 8. The number of rotatable bonds is 5. The topological polar surface area (TPSA) is 6.48 Å². The molecule has 51 heavy (non-hydrogen) atoms. The van der Waals surface area contributed by atoms with E-state index >= 15 is 0 Å². The molecule has 0 unspecified atom stereocenters. The van der Waals surface area contributed by atoms with Crippen LogP contribution in [0.4, 0.5) is 34.1 Å². The van der Waals surface area contributed by atoms with Gasteiger partial charge in [0.15, 0.2) is 0 Å². The van der Waals surface area contributed by atoms with Crippen molar-refractivity contribution in [1.82, 2.24) is 0 Å². The van der Waals surface area contributed by atoms with Crippen LogP contribution < -0.4 is 26.2 Å². The first-order chi connectivity index (χ1) is 25.3. The third-order valence-electron chi connectivity index (χ3n) is 10.5. The lowest BCUT2D eigenvalue weighted by Gasteiger charge is -2.45. The fraction of sp³-hybridized carbons (Fsp3) is 0. The maximum absolute atomic E-state index is 2.52. The van der Waals surface area contributed by atoms with Crippen LogP contribution >= 0.6 is 0 Å². The van der Waals surface area contributed by atoms with Crippen LogP contribution in [0.3, 0.4) is 0 Å². The summed E-state index contributed by atoms with van der Waals surface area (Å²) < 4.78 is 0. The second-order valence-corrected chi connectivity index (χ2v) is 13.3. The van der Waals surface area contributed by atoms with Crippen LogP contribution in [0.5, 0.6) is 0 Å². The summed E-state index contributed by atoms with van der Waals surface area (Å²) in [5, 5.41) is 0. The second kappa shape index (κ2) is 12.1. The molecular formula is C48H33BN2. The Labute approximate surface area is 299 Å². The van der Waals surface area contributed by atoms with Gasteiger partial charge in [0.1, 0.15) is 0 Å². The molecule has 0 aliphatic carbocycles. The molecule has 0 saturated heterocycles. The third kappa shape index (κ3) is 4.74. The molecule has 0 spiro atoms. The van der Waals surface area contributed by atoms with Gasteiger partial charge in [0.2, 0.25) is 0 Å².